The summed E-state index contributed by atoms with van der Waals surface area (Å²) in [7, 11) is 1.15. The van der Waals surface area contributed by atoms with E-state index in [1.807, 2.05) is 0 Å². The number of esters is 1. The van der Waals surface area contributed by atoms with Crippen LogP contribution in [0.1, 0.15) is 22.3 Å². The number of carbonyl (C=O) groups is 3. The van der Waals surface area contributed by atoms with E-state index in [0.29, 0.717) is 0 Å². The van der Waals surface area contributed by atoms with Crippen LogP contribution in [-0.2, 0) is 20.9 Å². The van der Waals surface area contributed by atoms with Crippen molar-refractivity contribution in [3.05, 3.63) is 64.2 Å². The van der Waals surface area contributed by atoms with Crippen LogP contribution in [0.15, 0.2) is 36.4 Å². The number of hydrogen-bond donors (Lipinski definition) is 2. The molecular weight excluding hydrogens is 382 g/mol. The van der Waals surface area contributed by atoms with Crippen molar-refractivity contribution < 1.29 is 27.9 Å². The summed E-state index contributed by atoms with van der Waals surface area (Å²) in [5, 5.41) is 5.00. The van der Waals surface area contributed by atoms with Gasteiger partial charge in [-0.15, -0.1) is 0 Å². The van der Waals surface area contributed by atoms with E-state index in [4.69, 9.17) is 11.6 Å². The van der Waals surface area contributed by atoms with Crippen molar-refractivity contribution in [1.82, 2.24) is 5.32 Å². The maximum absolute atomic E-state index is 13.6. The van der Waals surface area contributed by atoms with Crippen LogP contribution in [0.3, 0.4) is 0 Å². The molecule has 0 saturated heterocycles. The molecule has 0 aromatic heterocycles. The van der Waals surface area contributed by atoms with E-state index < -0.39 is 35.8 Å². The number of methoxy groups -OCH3 is 1. The zero-order valence-corrected chi connectivity index (χ0v) is 14.9. The van der Waals surface area contributed by atoms with Crippen LogP contribution in [-0.4, -0.2) is 24.9 Å². The number of benzene rings is 2. The number of carbonyl (C=O) groups excluding carboxylic acids is 3. The summed E-state index contributed by atoms with van der Waals surface area (Å²) in [5.41, 5.74) is 0.239. The van der Waals surface area contributed by atoms with Crippen LogP contribution >= 0.6 is 11.6 Å². The Bertz CT molecular complexity index is 890. The highest BCUT2D eigenvalue weighted by Gasteiger charge is 2.14. The van der Waals surface area contributed by atoms with Crippen molar-refractivity contribution >= 4 is 35.1 Å². The second-order valence-corrected chi connectivity index (χ2v) is 5.82. The molecule has 0 radical (unpaired) electrons. The minimum Gasteiger partial charge on any atom is -0.469 e. The summed E-state index contributed by atoms with van der Waals surface area (Å²) in [6.07, 6.45) is -0.512. The monoisotopic (exact) mass is 396 g/mol. The first-order chi connectivity index (χ1) is 12.8. The van der Waals surface area contributed by atoms with Crippen molar-refractivity contribution in [2.45, 2.75) is 13.0 Å². The molecule has 2 rings (SSSR count). The highest BCUT2D eigenvalue weighted by molar-refractivity contribution is 6.34. The predicted molar refractivity (Wildman–Crippen MR) is 94.2 cm³/mol. The van der Waals surface area contributed by atoms with Crippen molar-refractivity contribution in [2.75, 3.05) is 12.4 Å². The second kappa shape index (κ2) is 9.09. The lowest BCUT2D eigenvalue weighted by molar-refractivity contribution is -0.142. The maximum atomic E-state index is 13.6. The molecule has 0 unspecified atom stereocenters. The lowest BCUT2D eigenvalue weighted by Crippen LogP contribution is -2.24. The van der Waals surface area contributed by atoms with Gasteiger partial charge in [-0.2, -0.15) is 0 Å². The number of amides is 2. The van der Waals surface area contributed by atoms with Crippen LogP contribution in [0.2, 0.25) is 5.02 Å². The molecule has 0 spiro atoms. The molecular formula is C18H15ClF2N2O4. The molecule has 142 valence electrons. The van der Waals surface area contributed by atoms with E-state index in [9.17, 15) is 23.2 Å². The molecule has 0 aliphatic rings. The third-order valence-corrected chi connectivity index (χ3v) is 3.81. The quantitative estimate of drug-likeness (QED) is 0.580. The molecule has 0 fully saturated rings. The van der Waals surface area contributed by atoms with Gasteiger partial charge in [0.25, 0.3) is 5.91 Å². The summed E-state index contributed by atoms with van der Waals surface area (Å²) >= 11 is 5.97. The minimum absolute atomic E-state index is 0.0103. The highest BCUT2D eigenvalue weighted by Crippen LogP contribution is 2.23. The van der Waals surface area contributed by atoms with Gasteiger partial charge < -0.3 is 15.4 Å². The van der Waals surface area contributed by atoms with Crippen molar-refractivity contribution in [1.29, 1.82) is 0 Å². The summed E-state index contributed by atoms with van der Waals surface area (Å²) in [6.45, 7) is -0.227. The second-order valence-electron chi connectivity index (χ2n) is 5.41. The largest absolute Gasteiger partial charge is 0.469 e. The summed E-state index contributed by atoms with van der Waals surface area (Å²) in [6, 6.07) is 7.00. The Labute approximate surface area is 158 Å². The van der Waals surface area contributed by atoms with E-state index in [2.05, 4.69) is 15.4 Å². The number of rotatable bonds is 6. The third kappa shape index (κ3) is 5.75. The Hall–Kier alpha value is -3.00. The molecule has 0 atom stereocenters. The van der Waals surface area contributed by atoms with Crippen LogP contribution in [0.5, 0.6) is 0 Å². The van der Waals surface area contributed by atoms with Gasteiger partial charge in [-0.25, -0.2) is 8.78 Å². The van der Waals surface area contributed by atoms with Gasteiger partial charge in [-0.3, -0.25) is 14.4 Å². The van der Waals surface area contributed by atoms with Gasteiger partial charge in [-0.05, 0) is 36.4 Å². The fourth-order valence-corrected chi connectivity index (χ4v) is 2.28. The van der Waals surface area contributed by atoms with E-state index in [1.54, 1.807) is 0 Å². The average molecular weight is 397 g/mol. The Morgan fingerprint density at radius 2 is 1.85 bits per heavy atom. The third-order valence-electron chi connectivity index (χ3n) is 3.48. The van der Waals surface area contributed by atoms with Gasteiger partial charge in [0, 0.05) is 17.7 Å². The SMILES string of the molecule is COC(=O)CC(=O)Nc1cc(C(=O)NCc2cc(F)ccc2F)ccc1Cl. The minimum atomic E-state index is -0.727. The molecule has 2 aromatic carbocycles. The average Bonchev–Trinajstić information content (AvgIpc) is 2.63. The normalized spacial score (nSPS) is 10.2. The zero-order valence-electron chi connectivity index (χ0n) is 14.1. The Morgan fingerprint density at radius 3 is 2.56 bits per heavy atom. The number of anilines is 1. The van der Waals surface area contributed by atoms with Crippen LogP contribution in [0.25, 0.3) is 0 Å². The van der Waals surface area contributed by atoms with Crippen molar-refractivity contribution in [3.8, 4) is 0 Å². The number of nitrogens with one attached hydrogen (secondary N) is 2. The van der Waals surface area contributed by atoms with E-state index in [0.717, 1.165) is 25.3 Å². The Morgan fingerprint density at radius 1 is 1.11 bits per heavy atom. The Kier molecular flexibility index (Phi) is 6.84. The lowest BCUT2D eigenvalue weighted by atomic mass is 10.1. The number of ether oxygens (including phenoxy) is 1. The fraction of sp³-hybridized carbons (Fsp3) is 0.167. The van der Waals surface area contributed by atoms with Crippen LogP contribution < -0.4 is 10.6 Å². The maximum Gasteiger partial charge on any atom is 0.315 e. The standard InChI is InChI=1S/C18H15ClF2N2O4/c1-27-17(25)8-16(24)23-15-7-10(2-4-13(15)19)18(26)22-9-11-6-12(20)3-5-14(11)21/h2-7H,8-9H2,1H3,(H,22,26)(H,23,24). The molecule has 0 saturated carbocycles. The smallest absolute Gasteiger partial charge is 0.315 e. The van der Waals surface area contributed by atoms with Gasteiger partial charge in [0.05, 0.1) is 17.8 Å². The predicted octanol–water partition coefficient (Wildman–Crippen LogP) is 3.05. The first-order valence-corrected chi connectivity index (χ1v) is 8.06. The molecule has 0 heterocycles. The van der Waals surface area contributed by atoms with E-state index in [1.165, 1.54) is 18.2 Å². The number of halogens is 3. The van der Waals surface area contributed by atoms with E-state index in [-0.39, 0.29) is 28.4 Å². The van der Waals surface area contributed by atoms with Crippen LogP contribution in [0.4, 0.5) is 14.5 Å². The fourth-order valence-electron chi connectivity index (χ4n) is 2.12. The van der Waals surface area contributed by atoms with Gasteiger partial charge in [0.15, 0.2) is 0 Å². The lowest BCUT2D eigenvalue weighted by Gasteiger charge is -2.10. The molecule has 0 aliphatic carbocycles. The van der Waals surface area contributed by atoms with Gasteiger partial charge >= 0.3 is 5.97 Å². The molecule has 6 nitrogen and oxygen atoms in total. The molecule has 0 aliphatic heterocycles. The van der Waals surface area contributed by atoms with Crippen molar-refractivity contribution in [3.63, 3.8) is 0 Å². The van der Waals surface area contributed by atoms with Gasteiger partial charge in [0.1, 0.15) is 18.1 Å². The van der Waals surface area contributed by atoms with Crippen LogP contribution in [0, 0.1) is 11.6 Å². The first-order valence-electron chi connectivity index (χ1n) is 7.68. The summed E-state index contributed by atoms with van der Waals surface area (Å²) < 4.78 is 31.1. The molecule has 2 amide bonds. The summed E-state index contributed by atoms with van der Waals surface area (Å²) in [4.78, 5) is 35.1. The van der Waals surface area contributed by atoms with E-state index >= 15 is 0 Å². The molecule has 0 bridgehead atoms. The van der Waals surface area contributed by atoms with Gasteiger partial charge in [0.2, 0.25) is 5.91 Å². The molecule has 2 N–H and O–H groups in total. The first kappa shape index (κ1) is 20.3. The van der Waals surface area contributed by atoms with Gasteiger partial charge in [-0.1, -0.05) is 11.6 Å². The number of hydrogen-bond acceptors (Lipinski definition) is 4. The molecule has 9 heteroatoms. The molecule has 2 aromatic rings. The zero-order chi connectivity index (χ0) is 20.0. The highest BCUT2D eigenvalue weighted by atomic mass is 35.5. The molecule has 27 heavy (non-hydrogen) atoms. The van der Waals surface area contributed by atoms with Crippen molar-refractivity contribution in [2.24, 2.45) is 0 Å². The Balaban J connectivity index is 2.07. The summed E-state index contributed by atoms with van der Waals surface area (Å²) in [5.74, 6) is -3.25. The topological polar surface area (TPSA) is 84.5 Å².